The smallest absolute Gasteiger partial charge is 0.292 e. The van der Waals surface area contributed by atoms with Gasteiger partial charge in [0.05, 0.1) is 4.92 Å². The van der Waals surface area contributed by atoms with Crippen LogP contribution in [0.25, 0.3) is 0 Å². The molecule has 1 aliphatic rings. The maximum absolute atomic E-state index is 12.3. The molecule has 2 rings (SSSR count). The molecule has 24 heavy (non-hydrogen) atoms. The number of aliphatic hydroxyl groups excluding tert-OH is 1. The summed E-state index contributed by atoms with van der Waals surface area (Å²) < 4.78 is 0. The van der Waals surface area contributed by atoms with Crippen LogP contribution in [0.5, 0.6) is 0 Å². The molecule has 1 heterocycles. The Morgan fingerprint density at radius 2 is 2.00 bits per heavy atom. The molecule has 0 aromatic heterocycles. The third kappa shape index (κ3) is 4.23. The molecule has 1 aromatic rings. The van der Waals surface area contributed by atoms with Gasteiger partial charge in [0.25, 0.3) is 5.69 Å². The van der Waals surface area contributed by atoms with Crippen molar-refractivity contribution in [1.29, 1.82) is 0 Å². The van der Waals surface area contributed by atoms with Gasteiger partial charge in [-0.05, 0) is 31.7 Å². The molecular weight excluding hydrogens is 310 g/mol. The molecule has 132 valence electrons. The van der Waals surface area contributed by atoms with Gasteiger partial charge in [0.15, 0.2) is 0 Å². The summed E-state index contributed by atoms with van der Waals surface area (Å²) in [6, 6.07) is 6.64. The Kier molecular flexibility index (Phi) is 6.14. The number of nitro groups is 1. The van der Waals surface area contributed by atoms with Gasteiger partial charge in [0, 0.05) is 37.7 Å². The Labute approximate surface area is 141 Å². The zero-order valence-corrected chi connectivity index (χ0v) is 14.1. The minimum Gasteiger partial charge on any atom is -0.396 e. The van der Waals surface area contributed by atoms with E-state index >= 15 is 0 Å². The average molecular weight is 335 g/mol. The highest BCUT2D eigenvalue weighted by molar-refractivity contribution is 5.79. The molecule has 1 amide bonds. The van der Waals surface area contributed by atoms with E-state index in [2.05, 4.69) is 5.32 Å². The molecule has 0 aliphatic carbocycles. The summed E-state index contributed by atoms with van der Waals surface area (Å²) in [5, 5.41) is 23.3. The van der Waals surface area contributed by atoms with Gasteiger partial charge in [-0.25, -0.2) is 0 Å². The Bertz CT molecular complexity index is 585. The minimum atomic E-state index is -0.369. The van der Waals surface area contributed by atoms with Crippen LogP contribution in [0.4, 0.5) is 11.4 Å². The summed E-state index contributed by atoms with van der Waals surface area (Å²) in [5.41, 5.74) is 0.717. The first-order valence-corrected chi connectivity index (χ1v) is 8.33. The van der Waals surface area contributed by atoms with Crippen molar-refractivity contribution in [1.82, 2.24) is 5.32 Å². The van der Waals surface area contributed by atoms with E-state index in [4.69, 9.17) is 5.11 Å². The van der Waals surface area contributed by atoms with Crippen molar-refractivity contribution < 1.29 is 14.8 Å². The lowest BCUT2D eigenvalue weighted by molar-refractivity contribution is -0.384. The number of para-hydroxylation sites is 2. The number of hydrogen-bond acceptors (Lipinski definition) is 5. The van der Waals surface area contributed by atoms with Crippen molar-refractivity contribution in [2.45, 2.75) is 32.7 Å². The van der Waals surface area contributed by atoms with Crippen molar-refractivity contribution in [2.75, 3.05) is 24.6 Å². The first kappa shape index (κ1) is 18.2. The summed E-state index contributed by atoms with van der Waals surface area (Å²) in [6.07, 6.45) is 1.33. The molecule has 2 N–H and O–H groups in total. The van der Waals surface area contributed by atoms with Gasteiger partial charge in [0.2, 0.25) is 5.91 Å². The third-order valence-corrected chi connectivity index (χ3v) is 4.80. The second kappa shape index (κ2) is 8.10. The lowest BCUT2D eigenvalue weighted by Crippen LogP contribution is -2.45. The number of benzene rings is 1. The largest absolute Gasteiger partial charge is 0.396 e. The predicted molar refractivity (Wildman–Crippen MR) is 91.9 cm³/mol. The first-order valence-electron chi connectivity index (χ1n) is 8.33. The number of piperidine rings is 1. The number of aliphatic hydroxyl groups is 1. The van der Waals surface area contributed by atoms with Crippen LogP contribution in [-0.4, -0.2) is 41.7 Å². The highest BCUT2D eigenvalue weighted by atomic mass is 16.6. The number of hydrogen-bond donors (Lipinski definition) is 2. The van der Waals surface area contributed by atoms with Crippen LogP contribution in [0, 0.1) is 22.0 Å². The van der Waals surface area contributed by atoms with E-state index in [9.17, 15) is 14.9 Å². The summed E-state index contributed by atoms with van der Waals surface area (Å²) in [6.45, 7) is 5.06. The van der Waals surface area contributed by atoms with Crippen LogP contribution < -0.4 is 10.2 Å². The number of nitrogens with zero attached hydrogens (tertiary/aromatic N) is 2. The number of anilines is 1. The van der Waals surface area contributed by atoms with Crippen molar-refractivity contribution >= 4 is 17.3 Å². The van der Waals surface area contributed by atoms with E-state index in [1.54, 1.807) is 18.2 Å². The standard InChI is InChI=1S/C17H25N3O4/c1-12(11-21)13(2)18-17(22)14-7-9-19(10-8-14)15-5-3-4-6-16(15)20(23)24/h3-6,12-14,21H,7-11H2,1-2H3,(H,18,22). The monoisotopic (exact) mass is 335 g/mol. The molecule has 0 spiro atoms. The van der Waals surface area contributed by atoms with Crippen molar-refractivity contribution in [3.63, 3.8) is 0 Å². The molecule has 0 radical (unpaired) electrons. The number of carbonyl (C=O) groups excluding carboxylic acids is 1. The Morgan fingerprint density at radius 3 is 2.58 bits per heavy atom. The van der Waals surface area contributed by atoms with Crippen molar-refractivity contribution in [3.8, 4) is 0 Å². The molecule has 2 atom stereocenters. The average Bonchev–Trinajstić information content (AvgIpc) is 2.60. The maximum Gasteiger partial charge on any atom is 0.292 e. The normalized spacial score (nSPS) is 18.0. The number of carbonyl (C=O) groups is 1. The molecule has 2 unspecified atom stereocenters. The van der Waals surface area contributed by atoms with Gasteiger partial charge in [-0.2, -0.15) is 0 Å². The summed E-state index contributed by atoms with van der Waals surface area (Å²) in [4.78, 5) is 25.1. The molecule has 0 saturated carbocycles. The summed E-state index contributed by atoms with van der Waals surface area (Å²) >= 11 is 0. The van der Waals surface area contributed by atoms with E-state index < -0.39 is 0 Å². The zero-order valence-electron chi connectivity index (χ0n) is 14.1. The van der Waals surface area contributed by atoms with Gasteiger partial charge in [0.1, 0.15) is 5.69 Å². The van der Waals surface area contributed by atoms with Crippen molar-refractivity contribution in [2.24, 2.45) is 11.8 Å². The second-order valence-electron chi connectivity index (χ2n) is 6.46. The predicted octanol–water partition coefficient (Wildman–Crippen LogP) is 1.94. The number of amides is 1. The molecule has 7 nitrogen and oxygen atoms in total. The van der Waals surface area contributed by atoms with Crippen molar-refractivity contribution in [3.05, 3.63) is 34.4 Å². The van der Waals surface area contributed by atoms with Gasteiger partial charge < -0.3 is 15.3 Å². The highest BCUT2D eigenvalue weighted by Gasteiger charge is 2.29. The lowest BCUT2D eigenvalue weighted by atomic mass is 9.94. The van der Waals surface area contributed by atoms with Crippen LogP contribution >= 0.6 is 0 Å². The Balaban J connectivity index is 1.94. The fourth-order valence-electron chi connectivity index (χ4n) is 2.91. The van der Waals surface area contributed by atoms with E-state index in [1.807, 2.05) is 18.7 Å². The van der Waals surface area contributed by atoms with Crippen LogP contribution in [0.2, 0.25) is 0 Å². The fraction of sp³-hybridized carbons (Fsp3) is 0.588. The van der Waals surface area contributed by atoms with E-state index in [0.29, 0.717) is 31.6 Å². The fourth-order valence-corrected chi connectivity index (χ4v) is 2.91. The van der Waals surface area contributed by atoms with Gasteiger partial charge in [-0.3, -0.25) is 14.9 Å². The molecule has 1 aromatic carbocycles. The van der Waals surface area contributed by atoms with E-state index in [0.717, 1.165) is 0 Å². The van der Waals surface area contributed by atoms with Crippen LogP contribution in [0.1, 0.15) is 26.7 Å². The van der Waals surface area contributed by atoms with Gasteiger partial charge in [-0.1, -0.05) is 19.1 Å². The molecule has 0 bridgehead atoms. The molecule has 1 fully saturated rings. The molecule has 1 saturated heterocycles. The first-order chi connectivity index (χ1) is 11.4. The Hall–Kier alpha value is -2.15. The quantitative estimate of drug-likeness (QED) is 0.612. The highest BCUT2D eigenvalue weighted by Crippen LogP contribution is 2.31. The molecule has 7 heteroatoms. The molecule has 1 aliphatic heterocycles. The topological polar surface area (TPSA) is 95.7 Å². The van der Waals surface area contributed by atoms with Crippen LogP contribution in [-0.2, 0) is 4.79 Å². The SMILES string of the molecule is CC(CO)C(C)NC(=O)C1CCN(c2ccccc2[N+](=O)[O-])CC1. The summed E-state index contributed by atoms with van der Waals surface area (Å²) in [5.74, 6) is -0.0663. The van der Waals surface area contributed by atoms with Gasteiger partial charge in [-0.15, -0.1) is 0 Å². The van der Waals surface area contributed by atoms with Crippen LogP contribution in [0.15, 0.2) is 24.3 Å². The Morgan fingerprint density at radius 1 is 1.38 bits per heavy atom. The number of nitro benzene ring substituents is 1. The van der Waals surface area contributed by atoms with Gasteiger partial charge >= 0.3 is 0 Å². The summed E-state index contributed by atoms with van der Waals surface area (Å²) in [7, 11) is 0. The van der Waals surface area contributed by atoms with Crippen LogP contribution in [0.3, 0.4) is 0 Å². The molecular formula is C17H25N3O4. The maximum atomic E-state index is 12.3. The van der Waals surface area contributed by atoms with E-state index in [1.165, 1.54) is 6.07 Å². The minimum absolute atomic E-state index is 0.00464. The van der Waals surface area contributed by atoms with E-state index in [-0.39, 0.29) is 41.0 Å². The number of nitrogens with one attached hydrogen (secondary N) is 1. The zero-order chi connectivity index (χ0) is 17.7. The number of rotatable bonds is 6. The second-order valence-corrected chi connectivity index (χ2v) is 6.46. The lowest BCUT2D eigenvalue weighted by Gasteiger charge is -2.33. The third-order valence-electron chi connectivity index (χ3n) is 4.80.